The standard InChI is InChI=1S/C17H19BrIN/c1-2-20-16(11-13-7-9-15(19)10-8-13)12-14-5-3-4-6-17(14)18/h3-10,16,20H,2,11-12H2,1H3. The summed E-state index contributed by atoms with van der Waals surface area (Å²) in [6, 6.07) is 17.8. The van der Waals surface area contributed by atoms with Gasteiger partial charge < -0.3 is 5.32 Å². The van der Waals surface area contributed by atoms with Crippen LogP contribution in [0.2, 0.25) is 0 Å². The van der Waals surface area contributed by atoms with Gasteiger partial charge in [0.05, 0.1) is 0 Å². The van der Waals surface area contributed by atoms with Gasteiger partial charge in [-0.2, -0.15) is 0 Å². The lowest BCUT2D eigenvalue weighted by atomic mass is 9.99. The predicted octanol–water partition coefficient (Wildman–Crippen LogP) is 4.82. The van der Waals surface area contributed by atoms with Gasteiger partial charge in [-0.05, 0) is 71.3 Å². The van der Waals surface area contributed by atoms with Crippen molar-refractivity contribution in [2.24, 2.45) is 0 Å². The van der Waals surface area contributed by atoms with Crippen LogP contribution in [0.25, 0.3) is 0 Å². The minimum Gasteiger partial charge on any atom is -0.314 e. The van der Waals surface area contributed by atoms with Gasteiger partial charge in [-0.25, -0.2) is 0 Å². The molecule has 2 rings (SSSR count). The fourth-order valence-corrected chi connectivity index (χ4v) is 3.15. The molecule has 0 aliphatic heterocycles. The van der Waals surface area contributed by atoms with Crippen LogP contribution >= 0.6 is 38.5 Å². The number of likely N-dealkylation sites (N-methyl/N-ethyl adjacent to an activating group) is 1. The molecule has 0 aromatic heterocycles. The molecule has 0 heterocycles. The summed E-state index contributed by atoms with van der Waals surface area (Å²) in [5.41, 5.74) is 2.76. The van der Waals surface area contributed by atoms with E-state index in [9.17, 15) is 0 Å². The summed E-state index contributed by atoms with van der Waals surface area (Å²) in [5, 5.41) is 3.60. The van der Waals surface area contributed by atoms with Crippen LogP contribution < -0.4 is 5.32 Å². The zero-order chi connectivity index (χ0) is 14.4. The Morgan fingerprint density at radius 1 is 1.05 bits per heavy atom. The van der Waals surface area contributed by atoms with Crippen molar-refractivity contribution >= 4 is 38.5 Å². The number of benzene rings is 2. The van der Waals surface area contributed by atoms with Gasteiger partial charge in [-0.3, -0.25) is 0 Å². The Balaban J connectivity index is 2.07. The van der Waals surface area contributed by atoms with Crippen molar-refractivity contribution in [3.8, 4) is 0 Å². The second-order valence-corrected chi connectivity index (χ2v) is 6.98. The van der Waals surface area contributed by atoms with E-state index >= 15 is 0 Å². The van der Waals surface area contributed by atoms with Gasteiger partial charge in [0, 0.05) is 14.1 Å². The van der Waals surface area contributed by atoms with E-state index in [-0.39, 0.29) is 0 Å². The second kappa shape index (κ2) is 8.15. The first kappa shape index (κ1) is 16.0. The fraction of sp³-hybridized carbons (Fsp3) is 0.294. The van der Waals surface area contributed by atoms with Crippen LogP contribution in [-0.2, 0) is 12.8 Å². The Labute approximate surface area is 143 Å². The third kappa shape index (κ3) is 4.86. The van der Waals surface area contributed by atoms with Crippen molar-refractivity contribution < 1.29 is 0 Å². The predicted molar refractivity (Wildman–Crippen MR) is 98.2 cm³/mol. The highest BCUT2D eigenvalue weighted by molar-refractivity contribution is 14.1. The second-order valence-electron chi connectivity index (χ2n) is 4.88. The molecule has 0 spiro atoms. The minimum atomic E-state index is 0.471. The Morgan fingerprint density at radius 3 is 2.40 bits per heavy atom. The highest BCUT2D eigenvalue weighted by atomic mass is 127. The maximum absolute atomic E-state index is 3.64. The molecule has 1 nitrogen and oxygen atoms in total. The molecule has 0 bridgehead atoms. The summed E-state index contributed by atoms with van der Waals surface area (Å²) in [4.78, 5) is 0. The van der Waals surface area contributed by atoms with E-state index in [0.717, 1.165) is 19.4 Å². The van der Waals surface area contributed by atoms with E-state index in [2.05, 4.69) is 99.3 Å². The Hall–Kier alpha value is -0.390. The summed E-state index contributed by atoms with van der Waals surface area (Å²) in [6.45, 7) is 3.17. The van der Waals surface area contributed by atoms with Crippen LogP contribution in [0.4, 0.5) is 0 Å². The maximum atomic E-state index is 3.64. The maximum Gasteiger partial charge on any atom is 0.0207 e. The van der Waals surface area contributed by atoms with Crippen LogP contribution in [0.3, 0.4) is 0 Å². The van der Waals surface area contributed by atoms with Crippen LogP contribution in [0.5, 0.6) is 0 Å². The Bertz CT molecular complexity index is 539. The molecule has 20 heavy (non-hydrogen) atoms. The molecule has 0 aliphatic rings. The molecule has 0 saturated carbocycles. The zero-order valence-electron chi connectivity index (χ0n) is 11.6. The number of hydrogen-bond acceptors (Lipinski definition) is 1. The van der Waals surface area contributed by atoms with E-state index in [4.69, 9.17) is 0 Å². The molecule has 0 aliphatic carbocycles. The number of rotatable bonds is 6. The lowest BCUT2D eigenvalue weighted by Crippen LogP contribution is -2.33. The van der Waals surface area contributed by atoms with Crippen molar-refractivity contribution in [3.05, 3.63) is 67.7 Å². The summed E-state index contributed by atoms with van der Waals surface area (Å²) in [7, 11) is 0. The van der Waals surface area contributed by atoms with Crippen LogP contribution in [0.15, 0.2) is 53.0 Å². The van der Waals surface area contributed by atoms with Crippen molar-refractivity contribution in [1.82, 2.24) is 5.32 Å². The first-order valence-electron chi connectivity index (χ1n) is 6.90. The lowest BCUT2D eigenvalue weighted by molar-refractivity contribution is 0.521. The van der Waals surface area contributed by atoms with Crippen molar-refractivity contribution in [1.29, 1.82) is 0 Å². The van der Waals surface area contributed by atoms with E-state index in [0.29, 0.717) is 6.04 Å². The van der Waals surface area contributed by atoms with Gasteiger partial charge in [0.15, 0.2) is 0 Å². The number of halogens is 2. The van der Waals surface area contributed by atoms with Gasteiger partial charge in [0.2, 0.25) is 0 Å². The summed E-state index contributed by atoms with van der Waals surface area (Å²) in [5.74, 6) is 0. The molecule has 0 amide bonds. The van der Waals surface area contributed by atoms with E-state index in [1.807, 2.05) is 0 Å². The number of hydrogen-bond donors (Lipinski definition) is 1. The molecule has 106 valence electrons. The molecular formula is C17H19BrIN. The van der Waals surface area contributed by atoms with Crippen LogP contribution in [0, 0.1) is 3.57 Å². The Kier molecular flexibility index (Phi) is 6.52. The first-order valence-corrected chi connectivity index (χ1v) is 8.77. The van der Waals surface area contributed by atoms with E-state index < -0.39 is 0 Å². The van der Waals surface area contributed by atoms with Gasteiger partial charge in [0.25, 0.3) is 0 Å². The lowest BCUT2D eigenvalue weighted by Gasteiger charge is -2.19. The molecular weight excluding hydrogens is 425 g/mol. The third-order valence-electron chi connectivity index (χ3n) is 3.31. The van der Waals surface area contributed by atoms with Crippen LogP contribution in [-0.4, -0.2) is 12.6 Å². The third-order valence-corrected chi connectivity index (χ3v) is 4.81. The van der Waals surface area contributed by atoms with Crippen molar-refractivity contribution in [2.75, 3.05) is 6.54 Å². The van der Waals surface area contributed by atoms with E-state index in [1.165, 1.54) is 19.2 Å². The van der Waals surface area contributed by atoms with Gasteiger partial charge in [-0.1, -0.05) is 53.2 Å². The molecule has 1 unspecified atom stereocenters. The topological polar surface area (TPSA) is 12.0 Å². The highest BCUT2D eigenvalue weighted by Gasteiger charge is 2.11. The van der Waals surface area contributed by atoms with E-state index in [1.54, 1.807) is 0 Å². The smallest absolute Gasteiger partial charge is 0.0207 e. The summed E-state index contributed by atoms with van der Waals surface area (Å²) < 4.78 is 2.49. The molecule has 2 aromatic rings. The molecule has 0 radical (unpaired) electrons. The summed E-state index contributed by atoms with van der Waals surface area (Å²) >= 11 is 5.99. The molecule has 3 heteroatoms. The van der Waals surface area contributed by atoms with Crippen molar-refractivity contribution in [2.45, 2.75) is 25.8 Å². The average Bonchev–Trinajstić information content (AvgIpc) is 2.44. The monoisotopic (exact) mass is 443 g/mol. The molecule has 1 N–H and O–H groups in total. The summed E-state index contributed by atoms with van der Waals surface area (Å²) in [6.07, 6.45) is 2.10. The normalized spacial score (nSPS) is 12.3. The van der Waals surface area contributed by atoms with Crippen LogP contribution in [0.1, 0.15) is 18.1 Å². The first-order chi connectivity index (χ1) is 9.69. The van der Waals surface area contributed by atoms with Gasteiger partial charge in [0.1, 0.15) is 0 Å². The number of nitrogens with one attached hydrogen (secondary N) is 1. The Morgan fingerprint density at radius 2 is 1.75 bits per heavy atom. The quantitative estimate of drug-likeness (QED) is 0.631. The van der Waals surface area contributed by atoms with Gasteiger partial charge >= 0.3 is 0 Å². The zero-order valence-corrected chi connectivity index (χ0v) is 15.3. The fourth-order valence-electron chi connectivity index (χ4n) is 2.34. The largest absolute Gasteiger partial charge is 0.314 e. The SMILES string of the molecule is CCNC(Cc1ccc(I)cc1)Cc1ccccc1Br. The molecule has 0 saturated heterocycles. The van der Waals surface area contributed by atoms with Crippen molar-refractivity contribution in [3.63, 3.8) is 0 Å². The molecule has 0 fully saturated rings. The molecule has 2 aromatic carbocycles. The minimum absolute atomic E-state index is 0.471. The average molecular weight is 444 g/mol. The molecule has 1 atom stereocenters. The van der Waals surface area contributed by atoms with Gasteiger partial charge in [-0.15, -0.1) is 0 Å². The highest BCUT2D eigenvalue weighted by Crippen LogP contribution is 2.19.